The zero-order valence-corrected chi connectivity index (χ0v) is 33.7. The van der Waals surface area contributed by atoms with Crippen molar-refractivity contribution < 1.29 is 15.0 Å². The number of allylic oxidation sites excluding steroid dienone is 5. The second-order valence-electron chi connectivity index (χ2n) is 15.1. The number of nitrogens with one attached hydrogen (secondary N) is 1. The van der Waals surface area contributed by atoms with Gasteiger partial charge in [-0.2, -0.15) is 0 Å². The molecule has 0 bridgehead atoms. The van der Waals surface area contributed by atoms with E-state index < -0.39 is 12.1 Å². The molecule has 0 aromatic rings. The summed E-state index contributed by atoms with van der Waals surface area (Å²) in [6, 6.07) is -0.641. The van der Waals surface area contributed by atoms with Crippen LogP contribution < -0.4 is 5.32 Å². The van der Waals surface area contributed by atoms with E-state index in [0.717, 1.165) is 44.9 Å². The zero-order valence-electron chi connectivity index (χ0n) is 33.7. The molecule has 2 unspecified atom stereocenters. The van der Waals surface area contributed by atoms with Crippen molar-refractivity contribution in [1.82, 2.24) is 5.32 Å². The lowest BCUT2D eigenvalue weighted by Crippen LogP contribution is -2.45. The fourth-order valence-electron chi connectivity index (χ4n) is 6.67. The Morgan fingerprint density at radius 2 is 0.820 bits per heavy atom. The molecule has 2 atom stereocenters. The van der Waals surface area contributed by atoms with Crippen molar-refractivity contribution in [2.75, 3.05) is 6.61 Å². The van der Waals surface area contributed by atoms with Crippen LogP contribution in [0.3, 0.4) is 0 Å². The summed E-state index contributed by atoms with van der Waals surface area (Å²) in [4.78, 5) is 12.3. The first-order chi connectivity index (χ1) is 24.7. The molecule has 0 aliphatic rings. The Bertz CT molecular complexity index is 760. The summed E-state index contributed by atoms with van der Waals surface area (Å²) in [5.74, 6) is -0.0858. The highest BCUT2D eigenvalue weighted by Gasteiger charge is 2.17. The van der Waals surface area contributed by atoms with Crippen LogP contribution in [-0.2, 0) is 4.79 Å². The molecule has 4 nitrogen and oxygen atoms in total. The number of aliphatic hydroxyl groups is 2. The first kappa shape index (κ1) is 48.6. The number of carbonyl (C=O) groups is 1. The van der Waals surface area contributed by atoms with Gasteiger partial charge in [0.2, 0.25) is 5.91 Å². The molecule has 0 saturated heterocycles. The lowest BCUT2D eigenvalue weighted by Gasteiger charge is -2.19. The first-order valence-electron chi connectivity index (χ1n) is 22.2. The van der Waals surface area contributed by atoms with Gasteiger partial charge in [-0.3, -0.25) is 4.79 Å². The van der Waals surface area contributed by atoms with Crippen molar-refractivity contribution in [3.05, 3.63) is 36.5 Å². The molecule has 0 aliphatic heterocycles. The number of aliphatic hydroxyl groups excluding tert-OH is 2. The molecule has 0 fully saturated rings. The lowest BCUT2D eigenvalue weighted by atomic mass is 10.0. The summed E-state index contributed by atoms with van der Waals surface area (Å²) in [6.45, 7) is 4.23. The summed E-state index contributed by atoms with van der Waals surface area (Å²) in [6.07, 6.45) is 55.7. The van der Waals surface area contributed by atoms with Gasteiger partial charge in [0.1, 0.15) is 0 Å². The summed E-state index contributed by atoms with van der Waals surface area (Å²) in [7, 11) is 0. The van der Waals surface area contributed by atoms with Gasteiger partial charge in [0.15, 0.2) is 0 Å². The molecule has 0 radical (unpaired) electrons. The van der Waals surface area contributed by atoms with Crippen molar-refractivity contribution in [3.8, 4) is 0 Å². The Morgan fingerprint density at radius 3 is 1.24 bits per heavy atom. The topological polar surface area (TPSA) is 69.6 Å². The second-order valence-corrected chi connectivity index (χ2v) is 15.1. The predicted octanol–water partition coefficient (Wildman–Crippen LogP) is 13.8. The van der Waals surface area contributed by atoms with Gasteiger partial charge in [0.25, 0.3) is 0 Å². The Morgan fingerprint density at radius 1 is 0.460 bits per heavy atom. The molecule has 0 aromatic carbocycles. The average Bonchev–Trinajstić information content (AvgIpc) is 3.12. The molecular weight excluding hydrogens is 615 g/mol. The van der Waals surface area contributed by atoms with Crippen LogP contribution in [0.1, 0.15) is 232 Å². The minimum Gasteiger partial charge on any atom is -0.394 e. The minimum atomic E-state index is -0.863. The largest absolute Gasteiger partial charge is 0.394 e. The summed E-state index contributed by atoms with van der Waals surface area (Å²) >= 11 is 0. The van der Waals surface area contributed by atoms with E-state index in [1.54, 1.807) is 6.08 Å². The quantitative estimate of drug-likeness (QED) is 0.0440. The monoisotopic (exact) mass is 702 g/mol. The first-order valence-corrected chi connectivity index (χ1v) is 22.2. The van der Waals surface area contributed by atoms with Gasteiger partial charge in [0, 0.05) is 6.42 Å². The van der Waals surface area contributed by atoms with Crippen LogP contribution in [0, 0.1) is 0 Å². The van der Waals surface area contributed by atoms with Gasteiger partial charge in [0.05, 0.1) is 18.8 Å². The number of hydrogen-bond donors (Lipinski definition) is 3. The maximum atomic E-state index is 12.3. The zero-order chi connectivity index (χ0) is 36.4. The van der Waals surface area contributed by atoms with Gasteiger partial charge >= 0.3 is 0 Å². The molecule has 4 heteroatoms. The highest BCUT2D eigenvalue weighted by atomic mass is 16.3. The number of hydrogen-bond acceptors (Lipinski definition) is 3. The average molecular weight is 702 g/mol. The van der Waals surface area contributed by atoms with Crippen molar-refractivity contribution >= 4 is 5.91 Å². The number of rotatable bonds is 40. The summed E-state index contributed by atoms with van der Waals surface area (Å²) < 4.78 is 0. The molecule has 3 N–H and O–H groups in total. The van der Waals surface area contributed by atoms with Crippen LogP contribution in [0.15, 0.2) is 36.5 Å². The Labute approximate surface area is 312 Å². The van der Waals surface area contributed by atoms with Gasteiger partial charge < -0.3 is 15.5 Å². The maximum Gasteiger partial charge on any atom is 0.220 e. The normalized spacial score (nSPS) is 13.3. The van der Waals surface area contributed by atoms with E-state index in [4.69, 9.17) is 0 Å². The molecule has 1 amide bonds. The standard InChI is InChI=1S/C46H87NO3/c1-3-5-7-9-11-13-15-16-17-18-19-20-21-22-23-24-25-26-27-28-29-30-31-32-33-35-37-39-41-45(49)44(43-48)47-46(50)42-40-38-36-34-14-12-10-8-6-4-2/h8,10,32-33,39,41,44-45,48-49H,3-7,9,11-31,34-38,40,42-43H2,1-2H3,(H,47,50)/b10-8-,33-32+,41-39+. The van der Waals surface area contributed by atoms with Crippen LogP contribution >= 0.6 is 0 Å². The van der Waals surface area contributed by atoms with Crippen molar-refractivity contribution in [3.63, 3.8) is 0 Å². The summed E-state index contributed by atoms with van der Waals surface area (Å²) in [5.41, 5.74) is 0. The fraction of sp³-hybridized carbons (Fsp3) is 0.848. The molecule has 0 heterocycles. The van der Waals surface area contributed by atoms with E-state index in [0.29, 0.717) is 6.42 Å². The molecule has 0 aliphatic carbocycles. The minimum absolute atomic E-state index is 0.0858. The van der Waals surface area contributed by atoms with E-state index in [1.165, 1.54) is 167 Å². The lowest BCUT2D eigenvalue weighted by molar-refractivity contribution is -0.123. The van der Waals surface area contributed by atoms with E-state index >= 15 is 0 Å². The van der Waals surface area contributed by atoms with Crippen LogP contribution in [-0.4, -0.2) is 34.9 Å². The highest BCUT2D eigenvalue weighted by molar-refractivity contribution is 5.76. The number of unbranched alkanes of at least 4 members (excludes halogenated alkanes) is 29. The van der Waals surface area contributed by atoms with Gasteiger partial charge in [-0.15, -0.1) is 0 Å². The van der Waals surface area contributed by atoms with Gasteiger partial charge in [-0.25, -0.2) is 0 Å². The van der Waals surface area contributed by atoms with Crippen LogP contribution in [0.25, 0.3) is 0 Å². The molecule has 0 aromatic heterocycles. The molecule has 0 saturated carbocycles. The maximum absolute atomic E-state index is 12.3. The SMILES string of the molecule is CCC/C=C\CCCCCCCC(=O)NC(CO)C(O)/C=C/CC/C=C/CCCCCCCCCCCCCCCCCCCCCCCC. The van der Waals surface area contributed by atoms with Crippen molar-refractivity contribution in [1.29, 1.82) is 0 Å². The Hall–Kier alpha value is -1.39. The van der Waals surface area contributed by atoms with E-state index in [-0.39, 0.29) is 12.5 Å². The third-order valence-corrected chi connectivity index (χ3v) is 10.1. The number of amides is 1. The number of carbonyl (C=O) groups excluding carboxylic acids is 1. The third kappa shape index (κ3) is 37.9. The highest BCUT2D eigenvalue weighted by Crippen LogP contribution is 2.16. The third-order valence-electron chi connectivity index (χ3n) is 10.1. The van der Waals surface area contributed by atoms with Crippen LogP contribution in [0.2, 0.25) is 0 Å². The van der Waals surface area contributed by atoms with Gasteiger partial charge in [-0.1, -0.05) is 211 Å². The van der Waals surface area contributed by atoms with E-state index in [1.807, 2.05) is 6.08 Å². The molecule has 0 rings (SSSR count). The molecule has 0 spiro atoms. The molecular formula is C46H87NO3. The Kier molecular flexibility index (Phi) is 40.9. The second kappa shape index (κ2) is 42.0. The van der Waals surface area contributed by atoms with Crippen LogP contribution in [0.4, 0.5) is 0 Å². The fourth-order valence-corrected chi connectivity index (χ4v) is 6.67. The van der Waals surface area contributed by atoms with Crippen molar-refractivity contribution in [2.45, 2.75) is 244 Å². The van der Waals surface area contributed by atoms with Crippen LogP contribution in [0.5, 0.6) is 0 Å². The van der Waals surface area contributed by atoms with E-state index in [2.05, 4.69) is 43.5 Å². The Balaban J connectivity index is 3.51. The predicted molar refractivity (Wildman–Crippen MR) is 221 cm³/mol. The smallest absolute Gasteiger partial charge is 0.220 e. The van der Waals surface area contributed by atoms with Crippen molar-refractivity contribution in [2.24, 2.45) is 0 Å². The van der Waals surface area contributed by atoms with E-state index in [9.17, 15) is 15.0 Å². The summed E-state index contributed by atoms with van der Waals surface area (Å²) in [5, 5.41) is 22.9. The molecule has 50 heavy (non-hydrogen) atoms. The molecule has 294 valence electrons. The van der Waals surface area contributed by atoms with Gasteiger partial charge in [-0.05, 0) is 51.4 Å².